The summed E-state index contributed by atoms with van der Waals surface area (Å²) in [6, 6.07) is 4.31. The number of carbonyl (C=O) groups is 1. The SMILES string of the molecule is O=C1N[C@H](c2ccc(Cl)c(F)c2)CCO1. The molecule has 5 heteroatoms. The van der Waals surface area contributed by atoms with Crippen LogP contribution in [0.15, 0.2) is 18.2 Å². The van der Waals surface area contributed by atoms with Gasteiger partial charge in [-0.15, -0.1) is 0 Å². The number of halogens is 2. The van der Waals surface area contributed by atoms with Crippen molar-refractivity contribution in [3.63, 3.8) is 0 Å². The number of benzene rings is 1. The third-order valence-corrected chi connectivity index (χ3v) is 2.58. The van der Waals surface area contributed by atoms with Gasteiger partial charge in [-0.1, -0.05) is 17.7 Å². The van der Waals surface area contributed by atoms with Crippen molar-refractivity contribution in [3.8, 4) is 0 Å². The number of carbonyl (C=O) groups excluding carboxylic acids is 1. The zero-order valence-corrected chi connectivity index (χ0v) is 8.55. The first-order chi connectivity index (χ1) is 7.16. The second kappa shape index (κ2) is 4.06. The average Bonchev–Trinajstić information content (AvgIpc) is 2.22. The molecule has 0 aromatic heterocycles. The van der Waals surface area contributed by atoms with Gasteiger partial charge in [-0.25, -0.2) is 9.18 Å². The lowest BCUT2D eigenvalue weighted by Crippen LogP contribution is -2.35. The molecule has 1 aliphatic heterocycles. The van der Waals surface area contributed by atoms with E-state index in [0.29, 0.717) is 18.6 Å². The van der Waals surface area contributed by atoms with E-state index in [0.717, 1.165) is 0 Å². The number of hydrogen-bond donors (Lipinski definition) is 1. The van der Waals surface area contributed by atoms with Crippen LogP contribution in [0.3, 0.4) is 0 Å². The van der Waals surface area contributed by atoms with Gasteiger partial charge < -0.3 is 10.1 Å². The molecule has 0 aliphatic carbocycles. The zero-order valence-electron chi connectivity index (χ0n) is 7.80. The van der Waals surface area contributed by atoms with Gasteiger partial charge in [0.1, 0.15) is 5.82 Å². The zero-order chi connectivity index (χ0) is 10.8. The number of ether oxygens (including phenoxy) is 1. The predicted molar refractivity (Wildman–Crippen MR) is 53.3 cm³/mol. The van der Waals surface area contributed by atoms with Crippen molar-refractivity contribution in [1.82, 2.24) is 5.32 Å². The highest BCUT2D eigenvalue weighted by Gasteiger charge is 2.21. The van der Waals surface area contributed by atoms with Crippen molar-refractivity contribution >= 4 is 17.7 Å². The maximum Gasteiger partial charge on any atom is 0.407 e. The average molecular weight is 230 g/mol. The topological polar surface area (TPSA) is 38.3 Å². The van der Waals surface area contributed by atoms with Crippen LogP contribution in [-0.4, -0.2) is 12.7 Å². The van der Waals surface area contributed by atoms with Crippen LogP contribution >= 0.6 is 11.6 Å². The van der Waals surface area contributed by atoms with E-state index >= 15 is 0 Å². The molecule has 80 valence electrons. The fourth-order valence-electron chi connectivity index (χ4n) is 1.50. The van der Waals surface area contributed by atoms with Crippen molar-refractivity contribution in [1.29, 1.82) is 0 Å². The van der Waals surface area contributed by atoms with E-state index < -0.39 is 11.9 Å². The summed E-state index contributed by atoms with van der Waals surface area (Å²) in [5.74, 6) is -0.477. The minimum absolute atomic E-state index is 0.0807. The van der Waals surface area contributed by atoms with Gasteiger partial charge in [-0.05, 0) is 17.7 Å². The summed E-state index contributed by atoms with van der Waals surface area (Å²) in [5, 5.41) is 2.69. The molecule has 2 rings (SSSR count). The van der Waals surface area contributed by atoms with E-state index in [1.54, 1.807) is 6.07 Å². The van der Waals surface area contributed by atoms with Crippen molar-refractivity contribution in [2.75, 3.05) is 6.61 Å². The maximum absolute atomic E-state index is 13.2. The Balaban J connectivity index is 2.21. The molecule has 1 fully saturated rings. The van der Waals surface area contributed by atoms with Crippen LogP contribution in [0.5, 0.6) is 0 Å². The van der Waals surface area contributed by atoms with Gasteiger partial charge in [0.05, 0.1) is 17.7 Å². The monoisotopic (exact) mass is 229 g/mol. The van der Waals surface area contributed by atoms with Crippen molar-refractivity contribution in [2.24, 2.45) is 0 Å². The van der Waals surface area contributed by atoms with E-state index in [-0.39, 0.29) is 11.1 Å². The Labute approximate surface area is 91.2 Å². The highest BCUT2D eigenvalue weighted by molar-refractivity contribution is 6.30. The lowest BCUT2D eigenvalue weighted by Gasteiger charge is -2.23. The van der Waals surface area contributed by atoms with Crippen LogP contribution in [-0.2, 0) is 4.74 Å². The molecule has 0 saturated carbocycles. The van der Waals surface area contributed by atoms with E-state index in [9.17, 15) is 9.18 Å². The van der Waals surface area contributed by atoms with Gasteiger partial charge in [0.2, 0.25) is 0 Å². The van der Waals surface area contributed by atoms with E-state index in [1.165, 1.54) is 12.1 Å². The van der Waals surface area contributed by atoms with Crippen molar-refractivity contribution in [2.45, 2.75) is 12.5 Å². The number of alkyl carbamates (subject to hydrolysis) is 1. The fraction of sp³-hybridized carbons (Fsp3) is 0.300. The molecule has 0 spiro atoms. The quantitative estimate of drug-likeness (QED) is 0.804. The molecule has 1 N–H and O–H groups in total. The third kappa shape index (κ3) is 2.21. The molecule has 1 aliphatic rings. The minimum Gasteiger partial charge on any atom is -0.449 e. The Kier molecular flexibility index (Phi) is 2.77. The molecule has 0 bridgehead atoms. The van der Waals surface area contributed by atoms with Gasteiger partial charge in [0, 0.05) is 6.42 Å². The molecule has 1 aromatic carbocycles. The van der Waals surface area contributed by atoms with Gasteiger partial charge in [-0.3, -0.25) is 0 Å². The minimum atomic E-state index is -0.477. The van der Waals surface area contributed by atoms with Crippen molar-refractivity contribution in [3.05, 3.63) is 34.6 Å². The highest BCUT2D eigenvalue weighted by Crippen LogP contribution is 2.24. The van der Waals surface area contributed by atoms with Crippen LogP contribution in [0.2, 0.25) is 5.02 Å². The number of rotatable bonds is 1. The second-order valence-corrected chi connectivity index (χ2v) is 3.70. The van der Waals surface area contributed by atoms with Gasteiger partial charge in [0.15, 0.2) is 0 Å². The molecule has 15 heavy (non-hydrogen) atoms. The summed E-state index contributed by atoms with van der Waals surface area (Å²) in [5.41, 5.74) is 0.702. The largest absolute Gasteiger partial charge is 0.449 e. The molecule has 1 saturated heterocycles. The molecule has 3 nitrogen and oxygen atoms in total. The normalized spacial score (nSPS) is 20.7. The summed E-state index contributed by atoms with van der Waals surface area (Å²) in [4.78, 5) is 10.9. The summed E-state index contributed by atoms with van der Waals surface area (Å²) in [6.45, 7) is 0.348. The lowest BCUT2D eigenvalue weighted by atomic mass is 10.0. The van der Waals surface area contributed by atoms with Gasteiger partial charge in [-0.2, -0.15) is 0 Å². The fourth-order valence-corrected chi connectivity index (χ4v) is 1.62. The van der Waals surface area contributed by atoms with E-state index in [2.05, 4.69) is 5.32 Å². The first-order valence-electron chi connectivity index (χ1n) is 4.55. The molecular weight excluding hydrogens is 221 g/mol. The molecular formula is C10H9ClFNO2. The lowest BCUT2D eigenvalue weighted by molar-refractivity contribution is 0.115. The Bertz CT molecular complexity index is 397. The summed E-state index contributed by atoms with van der Waals surface area (Å²) < 4.78 is 17.9. The number of amides is 1. The summed E-state index contributed by atoms with van der Waals surface area (Å²) in [7, 11) is 0. The number of hydrogen-bond acceptors (Lipinski definition) is 2. The van der Waals surface area contributed by atoms with E-state index in [1.807, 2.05) is 0 Å². The van der Waals surface area contributed by atoms with Crippen molar-refractivity contribution < 1.29 is 13.9 Å². The first-order valence-corrected chi connectivity index (χ1v) is 4.93. The molecule has 1 heterocycles. The summed E-state index contributed by atoms with van der Waals surface area (Å²) in [6.07, 6.45) is 0.161. The Morgan fingerprint density at radius 2 is 2.33 bits per heavy atom. The van der Waals surface area contributed by atoms with Crippen LogP contribution in [0.25, 0.3) is 0 Å². The van der Waals surface area contributed by atoms with Gasteiger partial charge >= 0.3 is 6.09 Å². The smallest absolute Gasteiger partial charge is 0.407 e. The van der Waals surface area contributed by atoms with Crippen LogP contribution in [0, 0.1) is 5.82 Å². The standard InChI is InChI=1S/C10H9ClFNO2/c11-7-2-1-6(5-8(7)12)9-3-4-15-10(14)13-9/h1-2,5,9H,3-4H2,(H,13,14)/t9-/m0/s1. The van der Waals surface area contributed by atoms with Crippen LogP contribution in [0.1, 0.15) is 18.0 Å². The molecule has 1 atom stereocenters. The molecule has 0 radical (unpaired) electrons. The van der Waals surface area contributed by atoms with Gasteiger partial charge in [0.25, 0.3) is 0 Å². The molecule has 0 unspecified atom stereocenters. The van der Waals surface area contributed by atoms with Crippen LogP contribution in [0.4, 0.5) is 9.18 Å². The Morgan fingerprint density at radius 1 is 1.53 bits per heavy atom. The number of nitrogens with one attached hydrogen (secondary N) is 1. The predicted octanol–water partition coefficient (Wildman–Crippen LogP) is 2.65. The Morgan fingerprint density at radius 3 is 3.00 bits per heavy atom. The summed E-state index contributed by atoms with van der Waals surface area (Å²) >= 11 is 5.56. The molecule has 1 aromatic rings. The highest BCUT2D eigenvalue weighted by atomic mass is 35.5. The maximum atomic E-state index is 13.2. The second-order valence-electron chi connectivity index (χ2n) is 3.30. The third-order valence-electron chi connectivity index (χ3n) is 2.28. The molecule has 1 amide bonds. The first kappa shape index (κ1) is 10.2. The van der Waals surface area contributed by atoms with Crippen LogP contribution < -0.4 is 5.32 Å². The number of cyclic esters (lactones) is 1. The van der Waals surface area contributed by atoms with E-state index in [4.69, 9.17) is 16.3 Å². The Hall–Kier alpha value is -1.29.